The molecule has 0 aliphatic rings. The Morgan fingerprint density at radius 2 is 2.20 bits per heavy atom. The Morgan fingerprint density at radius 3 is 2.67 bits per heavy atom. The highest BCUT2D eigenvalue weighted by atomic mass is 16.4. The van der Waals surface area contributed by atoms with Gasteiger partial charge in [-0.2, -0.15) is 0 Å². The summed E-state index contributed by atoms with van der Waals surface area (Å²) in [5, 5.41) is 16.6. The summed E-state index contributed by atoms with van der Waals surface area (Å²) < 4.78 is 5.38. The Balaban J connectivity index is 2.72. The van der Waals surface area contributed by atoms with Crippen molar-refractivity contribution in [2.24, 2.45) is 5.73 Å². The Bertz CT molecular complexity index is 281. The van der Waals surface area contributed by atoms with Crippen molar-refractivity contribution in [1.82, 2.24) is 10.2 Å². The number of aliphatic hydroxyl groups excluding tert-OH is 1. The Morgan fingerprint density at radius 1 is 1.47 bits per heavy atom. The topological polar surface area (TPSA) is 88.4 Å². The van der Waals surface area contributed by atoms with E-state index < -0.39 is 0 Å². The first kappa shape index (κ1) is 11.9. The Kier molecular flexibility index (Phi) is 4.51. The van der Waals surface area contributed by atoms with Crippen LogP contribution in [0.15, 0.2) is 4.42 Å². The molecule has 1 heterocycles. The highest BCUT2D eigenvalue weighted by Crippen LogP contribution is 2.15. The number of anilines is 1. The molecule has 0 radical (unpaired) electrons. The lowest BCUT2D eigenvalue weighted by Crippen LogP contribution is -2.27. The monoisotopic (exact) mass is 214 g/mol. The van der Waals surface area contributed by atoms with E-state index in [1.165, 1.54) is 0 Å². The molecule has 0 saturated carbocycles. The lowest BCUT2D eigenvalue weighted by atomic mass is 10.4. The lowest BCUT2D eigenvalue weighted by Gasteiger charge is -2.17. The van der Waals surface area contributed by atoms with E-state index in [9.17, 15) is 0 Å². The zero-order valence-electron chi connectivity index (χ0n) is 9.18. The summed E-state index contributed by atoms with van der Waals surface area (Å²) in [6, 6.07) is 0.169. The van der Waals surface area contributed by atoms with Gasteiger partial charge in [0.2, 0.25) is 5.89 Å². The van der Waals surface area contributed by atoms with Crippen LogP contribution < -0.4 is 10.6 Å². The SMILES string of the molecule is CCCN(CCO)c1nnc(C(C)N)o1. The number of aliphatic hydroxyl groups is 1. The molecule has 6 heteroatoms. The van der Waals surface area contributed by atoms with Gasteiger partial charge in [0.05, 0.1) is 12.6 Å². The molecular weight excluding hydrogens is 196 g/mol. The second-order valence-corrected chi connectivity index (χ2v) is 3.42. The third-order valence-corrected chi connectivity index (χ3v) is 1.95. The predicted molar refractivity (Wildman–Crippen MR) is 56.5 cm³/mol. The second-order valence-electron chi connectivity index (χ2n) is 3.42. The molecule has 1 aromatic heterocycles. The molecule has 0 aliphatic carbocycles. The smallest absolute Gasteiger partial charge is 0.318 e. The summed E-state index contributed by atoms with van der Waals surface area (Å²) in [6.45, 7) is 5.17. The van der Waals surface area contributed by atoms with Gasteiger partial charge in [-0.25, -0.2) is 0 Å². The van der Waals surface area contributed by atoms with Crippen molar-refractivity contribution in [1.29, 1.82) is 0 Å². The average molecular weight is 214 g/mol. The first-order chi connectivity index (χ1) is 7.19. The van der Waals surface area contributed by atoms with Gasteiger partial charge in [0.1, 0.15) is 0 Å². The molecule has 1 rings (SSSR count). The number of rotatable bonds is 6. The van der Waals surface area contributed by atoms with Crippen LogP contribution in [0.1, 0.15) is 32.2 Å². The van der Waals surface area contributed by atoms with Crippen LogP contribution in [0.2, 0.25) is 0 Å². The summed E-state index contributed by atoms with van der Waals surface area (Å²) in [6.07, 6.45) is 0.954. The van der Waals surface area contributed by atoms with Crippen LogP contribution in [-0.2, 0) is 0 Å². The van der Waals surface area contributed by atoms with Crippen molar-refractivity contribution in [2.75, 3.05) is 24.6 Å². The lowest BCUT2D eigenvalue weighted by molar-refractivity contribution is 0.298. The molecule has 0 bridgehead atoms. The number of nitrogens with two attached hydrogens (primary N) is 1. The number of nitrogens with zero attached hydrogens (tertiary/aromatic N) is 3. The molecule has 0 spiro atoms. The van der Waals surface area contributed by atoms with Crippen molar-refractivity contribution in [3.8, 4) is 0 Å². The molecule has 1 atom stereocenters. The van der Waals surface area contributed by atoms with Gasteiger partial charge in [-0.15, -0.1) is 5.10 Å². The van der Waals surface area contributed by atoms with Gasteiger partial charge in [-0.05, 0) is 13.3 Å². The van der Waals surface area contributed by atoms with E-state index in [-0.39, 0.29) is 12.6 Å². The molecule has 0 saturated heterocycles. The normalized spacial score (nSPS) is 12.8. The van der Waals surface area contributed by atoms with E-state index in [2.05, 4.69) is 10.2 Å². The van der Waals surface area contributed by atoms with Gasteiger partial charge in [0, 0.05) is 13.1 Å². The summed E-state index contributed by atoms with van der Waals surface area (Å²) in [4.78, 5) is 1.85. The first-order valence-electron chi connectivity index (χ1n) is 5.13. The van der Waals surface area contributed by atoms with E-state index in [4.69, 9.17) is 15.3 Å². The van der Waals surface area contributed by atoms with Gasteiger partial charge in [0.15, 0.2) is 0 Å². The third-order valence-electron chi connectivity index (χ3n) is 1.95. The first-order valence-corrected chi connectivity index (χ1v) is 5.13. The fraction of sp³-hybridized carbons (Fsp3) is 0.778. The molecule has 6 nitrogen and oxygen atoms in total. The molecule has 1 unspecified atom stereocenters. The van der Waals surface area contributed by atoms with E-state index in [1.807, 2.05) is 11.8 Å². The zero-order valence-corrected chi connectivity index (χ0v) is 9.18. The van der Waals surface area contributed by atoms with Crippen LogP contribution >= 0.6 is 0 Å². The van der Waals surface area contributed by atoms with Crippen molar-refractivity contribution in [2.45, 2.75) is 26.3 Å². The van der Waals surface area contributed by atoms with Crippen molar-refractivity contribution >= 4 is 6.01 Å². The highest BCUT2D eigenvalue weighted by Gasteiger charge is 2.14. The largest absolute Gasteiger partial charge is 0.406 e. The standard InChI is InChI=1S/C9H18N4O2/c1-3-4-13(5-6-14)9-12-11-8(15-9)7(2)10/h7,14H,3-6,10H2,1-2H3. The number of aromatic nitrogens is 2. The van der Waals surface area contributed by atoms with Crippen molar-refractivity contribution in [3.05, 3.63) is 5.89 Å². The second kappa shape index (κ2) is 5.67. The quantitative estimate of drug-likeness (QED) is 0.708. The van der Waals surface area contributed by atoms with Crippen LogP contribution in [0.3, 0.4) is 0 Å². The Labute approximate surface area is 89.1 Å². The Hall–Kier alpha value is -1.14. The molecule has 0 amide bonds. The van der Waals surface area contributed by atoms with E-state index >= 15 is 0 Å². The van der Waals surface area contributed by atoms with Crippen LogP contribution in [0.25, 0.3) is 0 Å². The van der Waals surface area contributed by atoms with Gasteiger partial charge >= 0.3 is 6.01 Å². The van der Waals surface area contributed by atoms with Gasteiger partial charge < -0.3 is 20.2 Å². The number of hydrogen-bond acceptors (Lipinski definition) is 6. The minimum Gasteiger partial charge on any atom is -0.406 e. The van der Waals surface area contributed by atoms with E-state index in [1.54, 1.807) is 6.92 Å². The molecule has 0 fully saturated rings. The average Bonchev–Trinajstić information content (AvgIpc) is 2.66. The maximum absolute atomic E-state index is 8.88. The number of hydrogen-bond donors (Lipinski definition) is 2. The van der Waals surface area contributed by atoms with Crippen molar-refractivity contribution in [3.63, 3.8) is 0 Å². The third kappa shape index (κ3) is 3.17. The fourth-order valence-corrected chi connectivity index (χ4v) is 1.23. The molecule has 3 N–H and O–H groups in total. The molecule has 0 aliphatic heterocycles. The van der Waals surface area contributed by atoms with Crippen LogP contribution in [0.4, 0.5) is 6.01 Å². The maximum atomic E-state index is 8.88. The molecule has 0 aromatic carbocycles. The van der Waals surface area contributed by atoms with Crippen molar-refractivity contribution < 1.29 is 9.52 Å². The molecular formula is C9H18N4O2. The highest BCUT2D eigenvalue weighted by molar-refractivity contribution is 5.23. The fourth-order valence-electron chi connectivity index (χ4n) is 1.23. The molecule has 86 valence electrons. The predicted octanol–water partition coefficient (Wildman–Crippen LogP) is 0.298. The minimum atomic E-state index is -0.260. The van der Waals surface area contributed by atoms with Gasteiger partial charge in [0.25, 0.3) is 0 Å². The van der Waals surface area contributed by atoms with Crippen LogP contribution in [0.5, 0.6) is 0 Å². The molecule has 15 heavy (non-hydrogen) atoms. The minimum absolute atomic E-state index is 0.0654. The summed E-state index contributed by atoms with van der Waals surface area (Å²) in [5.41, 5.74) is 5.61. The molecule has 1 aromatic rings. The summed E-state index contributed by atoms with van der Waals surface area (Å²) in [5.74, 6) is 0.420. The van der Waals surface area contributed by atoms with E-state index in [0.717, 1.165) is 13.0 Å². The van der Waals surface area contributed by atoms with E-state index in [0.29, 0.717) is 18.5 Å². The van der Waals surface area contributed by atoms with Gasteiger partial charge in [-0.1, -0.05) is 12.0 Å². The summed E-state index contributed by atoms with van der Waals surface area (Å²) in [7, 11) is 0. The maximum Gasteiger partial charge on any atom is 0.318 e. The van der Waals surface area contributed by atoms with Crippen LogP contribution in [0, 0.1) is 0 Å². The summed E-state index contributed by atoms with van der Waals surface area (Å²) >= 11 is 0. The van der Waals surface area contributed by atoms with Crippen LogP contribution in [-0.4, -0.2) is 35.0 Å². The van der Waals surface area contributed by atoms with Gasteiger partial charge in [-0.3, -0.25) is 0 Å². The zero-order chi connectivity index (χ0) is 11.3.